The van der Waals surface area contributed by atoms with Crippen LogP contribution in [0.1, 0.15) is 23.2 Å². The van der Waals surface area contributed by atoms with Crippen LogP contribution in [0.25, 0.3) is 0 Å². The summed E-state index contributed by atoms with van der Waals surface area (Å²) in [7, 11) is 3.14. The van der Waals surface area contributed by atoms with Crippen LogP contribution in [0.4, 0.5) is 5.13 Å². The van der Waals surface area contributed by atoms with E-state index in [1.54, 1.807) is 43.8 Å². The Morgan fingerprint density at radius 1 is 1.29 bits per heavy atom. The molecular formula is C17H21N3O3S. The molecule has 0 saturated carbocycles. The van der Waals surface area contributed by atoms with E-state index in [4.69, 9.17) is 9.47 Å². The third kappa shape index (κ3) is 3.62. The monoisotopic (exact) mass is 347 g/mol. The highest BCUT2D eigenvalue weighted by molar-refractivity contribution is 7.13. The van der Waals surface area contributed by atoms with Crippen LogP contribution < -0.4 is 19.7 Å². The number of carbonyl (C=O) groups is 1. The van der Waals surface area contributed by atoms with Crippen molar-refractivity contribution in [1.29, 1.82) is 0 Å². The van der Waals surface area contributed by atoms with Crippen molar-refractivity contribution in [1.82, 2.24) is 10.3 Å². The van der Waals surface area contributed by atoms with Gasteiger partial charge in [-0.25, -0.2) is 4.98 Å². The first kappa shape index (κ1) is 16.6. The molecule has 1 aliphatic rings. The van der Waals surface area contributed by atoms with E-state index in [2.05, 4.69) is 15.2 Å². The second-order valence-corrected chi connectivity index (χ2v) is 6.49. The topological polar surface area (TPSA) is 63.7 Å². The van der Waals surface area contributed by atoms with E-state index < -0.39 is 0 Å². The van der Waals surface area contributed by atoms with Gasteiger partial charge in [0.05, 0.1) is 19.8 Å². The zero-order valence-electron chi connectivity index (χ0n) is 13.8. The third-order valence-corrected chi connectivity index (χ3v) is 5.01. The smallest absolute Gasteiger partial charge is 0.255 e. The van der Waals surface area contributed by atoms with Crippen LogP contribution in [0.5, 0.6) is 11.5 Å². The van der Waals surface area contributed by atoms with Crippen molar-refractivity contribution >= 4 is 22.4 Å². The fraction of sp³-hybridized carbons (Fsp3) is 0.412. The number of hydrogen-bond donors (Lipinski definition) is 1. The van der Waals surface area contributed by atoms with Crippen molar-refractivity contribution in [3.05, 3.63) is 35.3 Å². The molecule has 1 fully saturated rings. The van der Waals surface area contributed by atoms with Gasteiger partial charge in [-0.05, 0) is 25.0 Å². The summed E-state index contributed by atoms with van der Waals surface area (Å²) >= 11 is 1.65. The third-order valence-electron chi connectivity index (χ3n) is 4.17. The van der Waals surface area contributed by atoms with E-state index in [1.165, 1.54) is 0 Å². The van der Waals surface area contributed by atoms with Crippen molar-refractivity contribution in [3.63, 3.8) is 0 Å². The molecule has 1 aromatic carbocycles. The fourth-order valence-electron chi connectivity index (χ4n) is 2.84. The van der Waals surface area contributed by atoms with Gasteiger partial charge in [0, 0.05) is 36.8 Å². The Hall–Kier alpha value is -2.28. The zero-order chi connectivity index (χ0) is 16.9. The molecule has 0 radical (unpaired) electrons. The molecule has 24 heavy (non-hydrogen) atoms. The van der Waals surface area contributed by atoms with Gasteiger partial charge in [-0.3, -0.25) is 4.79 Å². The first-order chi connectivity index (χ1) is 11.7. The van der Waals surface area contributed by atoms with Crippen molar-refractivity contribution in [2.45, 2.75) is 18.9 Å². The minimum atomic E-state index is -0.109. The molecule has 1 aliphatic heterocycles. The highest BCUT2D eigenvalue weighted by atomic mass is 32.1. The van der Waals surface area contributed by atoms with Crippen molar-refractivity contribution in [2.75, 3.05) is 32.2 Å². The molecule has 7 heteroatoms. The van der Waals surface area contributed by atoms with E-state index in [1.807, 2.05) is 11.6 Å². The summed E-state index contributed by atoms with van der Waals surface area (Å²) in [6.07, 6.45) is 3.64. The second kappa shape index (κ2) is 7.53. The average Bonchev–Trinajstić information content (AvgIpc) is 3.16. The van der Waals surface area contributed by atoms with Gasteiger partial charge in [0.25, 0.3) is 5.91 Å². The largest absolute Gasteiger partial charge is 0.497 e. The Bertz CT molecular complexity index is 682. The maximum atomic E-state index is 12.5. The van der Waals surface area contributed by atoms with Crippen LogP contribution in [0.2, 0.25) is 0 Å². The molecule has 1 aromatic heterocycles. The molecule has 0 bridgehead atoms. The lowest BCUT2D eigenvalue weighted by Crippen LogP contribution is -2.44. The molecular weight excluding hydrogens is 326 g/mol. The van der Waals surface area contributed by atoms with Gasteiger partial charge in [0.2, 0.25) is 0 Å². The number of ether oxygens (including phenoxy) is 2. The average molecular weight is 347 g/mol. The molecule has 1 amide bonds. The minimum Gasteiger partial charge on any atom is -0.497 e. The Balaban J connectivity index is 1.60. The molecule has 0 aliphatic carbocycles. The van der Waals surface area contributed by atoms with E-state index in [0.29, 0.717) is 17.1 Å². The molecule has 3 rings (SSSR count). The molecule has 1 N–H and O–H groups in total. The number of carbonyl (C=O) groups excluding carboxylic acids is 1. The van der Waals surface area contributed by atoms with E-state index >= 15 is 0 Å². The van der Waals surface area contributed by atoms with E-state index in [0.717, 1.165) is 31.1 Å². The van der Waals surface area contributed by atoms with Crippen LogP contribution in [0, 0.1) is 0 Å². The molecule has 6 nitrogen and oxygen atoms in total. The number of nitrogens with zero attached hydrogens (tertiary/aromatic N) is 2. The molecule has 0 unspecified atom stereocenters. The quantitative estimate of drug-likeness (QED) is 0.901. The Morgan fingerprint density at radius 2 is 2.08 bits per heavy atom. The number of piperidine rings is 1. The summed E-state index contributed by atoms with van der Waals surface area (Å²) < 4.78 is 10.5. The number of methoxy groups -OCH3 is 2. The SMILES string of the molecule is COc1ccc(C(=O)NC2CCN(c3nccs3)CC2)c(OC)c1. The summed E-state index contributed by atoms with van der Waals surface area (Å²) in [4.78, 5) is 19.2. The number of thiazole rings is 1. The molecule has 0 atom stereocenters. The molecule has 1 saturated heterocycles. The molecule has 2 aromatic rings. The van der Waals surface area contributed by atoms with Crippen LogP contribution in [-0.2, 0) is 0 Å². The first-order valence-corrected chi connectivity index (χ1v) is 8.76. The second-order valence-electron chi connectivity index (χ2n) is 5.62. The number of rotatable bonds is 5. The van der Waals surface area contributed by atoms with Crippen LogP contribution in [-0.4, -0.2) is 44.2 Å². The van der Waals surface area contributed by atoms with Crippen LogP contribution in [0.15, 0.2) is 29.8 Å². The highest BCUT2D eigenvalue weighted by Gasteiger charge is 2.23. The van der Waals surface area contributed by atoms with Gasteiger partial charge in [0.1, 0.15) is 11.5 Å². The lowest BCUT2D eigenvalue weighted by Gasteiger charge is -2.32. The lowest BCUT2D eigenvalue weighted by molar-refractivity contribution is 0.0928. The molecule has 128 valence electrons. The Morgan fingerprint density at radius 3 is 2.71 bits per heavy atom. The van der Waals surface area contributed by atoms with Gasteiger partial charge >= 0.3 is 0 Å². The number of amides is 1. The number of nitrogens with one attached hydrogen (secondary N) is 1. The molecule has 2 heterocycles. The highest BCUT2D eigenvalue weighted by Crippen LogP contribution is 2.26. The summed E-state index contributed by atoms with van der Waals surface area (Å²) in [5, 5.41) is 6.15. The predicted octanol–water partition coefficient (Wildman–Crippen LogP) is 2.56. The Kier molecular flexibility index (Phi) is 5.20. The van der Waals surface area contributed by atoms with Crippen LogP contribution >= 0.6 is 11.3 Å². The number of benzene rings is 1. The van der Waals surface area contributed by atoms with Crippen molar-refractivity contribution in [2.24, 2.45) is 0 Å². The molecule has 0 spiro atoms. The van der Waals surface area contributed by atoms with Gasteiger partial charge in [-0.1, -0.05) is 0 Å². The summed E-state index contributed by atoms with van der Waals surface area (Å²) in [6, 6.07) is 5.39. The van der Waals surface area contributed by atoms with Gasteiger partial charge < -0.3 is 19.7 Å². The van der Waals surface area contributed by atoms with Gasteiger partial charge in [-0.15, -0.1) is 11.3 Å². The number of aromatic nitrogens is 1. The van der Waals surface area contributed by atoms with E-state index in [-0.39, 0.29) is 11.9 Å². The predicted molar refractivity (Wildman–Crippen MR) is 94.4 cm³/mol. The Labute approximate surface area is 145 Å². The van der Waals surface area contributed by atoms with Crippen molar-refractivity contribution in [3.8, 4) is 11.5 Å². The van der Waals surface area contributed by atoms with Crippen molar-refractivity contribution < 1.29 is 14.3 Å². The number of hydrogen-bond acceptors (Lipinski definition) is 6. The van der Waals surface area contributed by atoms with Gasteiger partial charge in [0.15, 0.2) is 5.13 Å². The van der Waals surface area contributed by atoms with Crippen LogP contribution in [0.3, 0.4) is 0 Å². The normalized spacial score (nSPS) is 15.2. The number of anilines is 1. The summed E-state index contributed by atoms with van der Waals surface area (Å²) in [5.41, 5.74) is 0.528. The summed E-state index contributed by atoms with van der Waals surface area (Å²) in [6.45, 7) is 1.80. The fourth-order valence-corrected chi connectivity index (χ4v) is 3.53. The van der Waals surface area contributed by atoms with E-state index in [9.17, 15) is 4.79 Å². The minimum absolute atomic E-state index is 0.109. The maximum absolute atomic E-state index is 12.5. The zero-order valence-corrected chi connectivity index (χ0v) is 14.6. The first-order valence-electron chi connectivity index (χ1n) is 7.88. The lowest BCUT2D eigenvalue weighted by atomic mass is 10.0. The van der Waals surface area contributed by atoms with Gasteiger partial charge in [-0.2, -0.15) is 0 Å². The summed E-state index contributed by atoms with van der Waals surface area (Å²) in [5.74, 6) is 1.08. The standard InChI is InChI=1S/C17H21N3O3S/c1-22-13-3-4-14(15(11-13)23-2)16(21)19-12-5-8-20(9-6-12)17-18-7-10-24-17/h3-4,7,10-12H,5-6,8-9H2,1-2H3,(H,19,21). The maximum Gasteiger partial charge on any atom is 0.255 e.